The van der Waals surface area contributed by atoms with Gasteiger partial charge in [-0.25, -0.2) is 8.42 Å². The Bertz CT molecular complexity index is 720. The van der Waals surface area contributed by atoms with Gasteiger partial charge in [0.05, 0.1) is 23.7 Å². The lowest BCUT2D eigenvalue weighted by Crippen LogP contribution is -2.48. The Kier molecular flexibility index (Phi) is 7.96. The van der Waals surface area contributed by atoms with Crippen LogP contribution in [0.5, 0.6) is 5.75 Å². The average Bonchev–Trinajstić information content (AvgIpc) is 2.65. The summed E-state index contributed by atoms with van der Waals surface area (Å²) in [4.78, 5) is 5.45. The lowest BCUT2D eigenvalue weighted by Gasteiger charge is -2.39. The number of hydrogen-bond acceptors (Lipinski definition) is 6. The van der Waals surface area contributed by atoms with Gasteiger partial charge in [-0.3, -0.25) is 4.90 Å². The molecule has 1 aromatic carbocycles. The number of likely N-dealkylation sites (tertiary alicyclic amines) is 1. The first-order valence-corrected chi connectivity index (χ1v) is 12.7. The number of sulfone groups is 1. The van der Waals surface area contributed by atoms with Gasteiger partial charge in [0.1, 0.15) is 5.75 Å². The highest BCUT2D eigenvalue weighted by Gasteiger charge is 2.26. The molecular formula is C22H36N2O4S. The molecule has 0 N–H and O–H groups in total. The van der Waals surface area contributed by atoms with Gasteiger partial charge in [-0.1, -0.05) is 0 Å². The van der Waals surface area contributed by atoms with Crippen molar-refractivity contribution < 1.29 is 17.9 Å². The molecule has 0 saturated carbocycles. The summed E-state index contributed by atoms with van der Waals surface area (Å²) in [6, 6.07) is 6.67. The topological polar surface area (TPSA) is 59.1 Å². The third-order valence-corrected chi connectivity index (χ3v) is 6.99. The summed E-state index contributed by atoms with van der Waals surface area (Å²) in [6.45, 7) is 11.7. The molecule has 2 aliphatic rings. The number of rotatable bonds is 8. The van der Waals surface area contributed by atoms with E-state index in [1.54, 1.807) is 24.3 Å². The van der Waals surface area contributed by atoms with Gasteiger partial charge < -0.3 is 14.4 Å². The molecule has 2 heterocycles. The fourth-order valence-corrected chi connectivity index (χ4v) is 5.08. The number of nitrogens with zero attached hydrogens (tertiary/aromatic N) is 2. The maximum atomic E-state index is 11.5. The van der Waals surface area contributed by atoms with Crippen LogP contribution >= 0.6 is 0 Å². The summed E-state index contributed by atoms with van der Waals surface area (Å²) < 4.78 is 34.6. The minimum absolute atomic E-state index is 0.328. The van der Waals surface area contributed by atoms with Crippen molar-refractivity contribution in [3.8, 4) is 5.75 Å². The Labute approximate surface area is 176 Å². The molecule has 0 amide bonds. The average molecular weight is 425 g/mol. The molecule has 0 aromatic heterocycles. The van der Waals surface area contributed by atoms with E-state index in [0.717, 1.165) is 37.7 Å². The molecule has 7 heteroatoms. The second-order valence-electron chi connectivity index (χ2n) is 8.71. The van der Waals surface area contributed by atoms with E-state index in [-0.39, 0.29) is 0 Å². The van der Waals surface area contributed by atoms with Crippen molar-refractivity contribution in [1.82, 2.24) is 9.80 Å². The van der Waals surface area contributed by atoms with Crippen molar-refractivity contribution in [1.29, 1.82) is 0 Å². The normalized spacial score (nSPS) is 25.2. The summed E-state index contributed by atoms with van der Waals surface area (Å²) in [5.41, 5.74) is 0. The lowest BCUT2D eigenvalue weighted by atomic mass is 9.95. The zero-order valence-electron chi connectivity index (χ0n) is 18.0. The summed E-state index contributed by atoms with van der Waals surface area (Å²) in [5.74, 6) is 1.53. The van der Waals surface area contributed by atoms with E-state index in [0.29, 0.717) is 23.7 Å². The quantitative estimate of drug-likeness (QED) is 0.598. The van der Waals surface area contributed by atoms with Crippen LogP contribution < -0.4 is 4.74 Å². The van der Waals surface area contributed by atoms with Gasteiger partial charge in [0.15, 0.2) is 9.84 Å². The monoisotopic (exact) mass is 424 g/mol. The molecule has 2 aliphatic heterocycles. The van der Waals surface area contributed by atoms with Crippen LogP contribution in [0.1, 0.15) is 33.1 Å². The Morgan fingerprint density at radius 3 is 2.24 bits per heavy atom. The highest BCUT2D eigenvalue weighted by atomic mass is 32.2. The van der Waals surface area contributed by atoms with Gasteiger partial charge >= 0.3 is 0 Å². The predicted octanol–water partition coefficient (Wildman–Crippen LogP) is 2.68. The summed E-state index contributed by atoms with van der Waals surface area (Å²) in [5, 5.41) is 0. The van der Waals surface area contributed by atoms with Crippen LogP contribution in [0, 0.1) is 5.92 Å². The van der Waals surface area contributed by atoms with Crippen molar-refractivity contribution in [3.05, 3.63) is 24.3 Å². The minimum Gasteiger partial charge on any atom is -0.494 e. The fraction of sp³-hybridized carbons (Fsp3) is 0.727. The smallest absolute Gasteiger partial charge is 0.175 e. The number of hydrogen-bond donors (Lipinski definition) is 0. The van der Waals surface area contributed by atoms with Gasteiger partial charge in [0.25, 0.3) is 0 Å². The number of ether oxygens (including phenoxy) is 2. The molecule has 164 valence electrons. The standard InChI is InChI=1S/C22H36N2O4S/c1-18-15-24(16-19(2)28-18)17-20-9-12-23(13-10-20)11-4-14-27-21-5-7-22(8-6-21)29(3,25)26/h5-8,18-20H,4,9-17H2,1-3H3. The van der Waals surface area contributed by atoms with E-state index in [1.807, 2.05) is 0 Å². The third-order valence-electron chi connectivity index (χ3n) is 5.86. The molecule has 6 nitrogen and oxygen atoms in total. The molecule has 3 rings (SSSR count). The maximum Gasteiger partial charge on any atom is 0.175 e. The Morgan fingerprint density at radius 1 is 1.03 bits per heavy atom. The second kappa shape index (κ2) is 10.2. The number of morpholine rings is 1. The minimum atomic E-state index is -3.15. The molecule has 0 aliphatic carbocycles. The van der Waals surface area contributed by atoms with Crippen molar-refractivity contribution in [2.24, 2.45) is 5.92 Å². The van der Waals surface area contributed by atoms with Crippen molar-refractivity contribution >= 4 is 9.84 Å². The first kappa shape index (κ1) is 22.5. The van der Waals surface area contributed by atoms with Crippen LogP contribution in [0.4, 0.5) is 0 Å². The molecule has 2 saturated heterocycles. The van der Waals surface area contributed by atoms with E-state index in [9.17, 15) is 8.42 Å². The molecule has 0 spiro atoms. The summed E-state index contributed by atoms with van der Waals surface area (Å²) >= 11 is 0. The first-order valence-electron chi connectivity index (χ1n) is 10.8. The fourth-order valence-electron chi connectivity index (χ4n) is 4.45. The molecule has 0 bridgehead atoms. The predicted molar refractivity (Wildman–Crippen MR) is 115 cm³/mol. The Morgan fingerprint density at radius 2 is 1.66 bits per heavy atom. The molecule has 0 radical (unpaired) electrons. The van der Waals surface area contributed by atoms with E-state index < -0.39 is 9.84 Å². The highest BCUT2D eigenvalue weighted by Crippen LogP contribution is 2.21. The van der Waals surface area contributed by atoms with Crippen LogP contribution in [-0.2, 0) is 14.6 Å². The molecular weight excluding hydrogens is 388 g/mol. The Hall–Kier alpha value is -1.15. The molecule has 29 heavy (non-hydrogen) atoms. The van der Waals surface area contributed by atoms with Gasteiger partial charge in [-0.2, -0.15) is 0 Å². The zero-order chi connectivity index (χ0) is 20.9. The van der Waals surface area contributed by atoms with Crippen LogP contribution in [0.25, 0.3) is 0 Å². The molecule has 2 fully saturated rings. The lowest BCUT2D eigenvalue weighted by molar-refractivity contribution is -0.0731. The summed E-state index contributed by atoms with van der Waals surface area (Å²) in [6.07, 6.45) is 5.44. The number of piperidine rings is 1. The summed E-state index contributed by atoms with van der Waals surface area (Å²) in [7, 11) is -3.15. The SMILES string of the molecule is CC1CN(CC2CCN(CCCOc3ccc(S(C)(=O)=O)cc3)CC2)CC(C)O1. The zero-order valence-corrected chi connectivity index (χ0v) is 18.9. The number of benzene rings is 1. The third kappa shape index (κ3) is 7.24. The van der Waals surface area contributed by atoms with Crippen molar-refractivity contribution in [3.63, 3.8) is 0 Å². The van der Waals surface area contributed by atoms with E-state index in [1.165, 1.54) is 38.7 Å². The van der Waals surface area contributed by atoms with E-state index in [4.69, 9.17) is 9.47 Å². The second-order valence-corrected chi connectivity index (χ2v) is 10.7. The van der Waals surface area contributed by atoms with Gasteiger partial charge in [0, 0.05) is 32.4 Å². The van der Waals surface area contributed by atoms with Crippen LogP contribution in [0.2, 0.25) is 0 Å². The van der Waals surface area contributed by atoms with Crippen molar-refractivity contribution in [2.45, 2.75) is 50.2 Å². The molecule has 2 unspecified atom stereocenters. The van der Waals surface area contributed by atoms with Crippen LogP contribution in [0.3, 0.4) is 0 Å². The maximum absolute atomic E-state index is 11.5. The van der Waals surface area contributed by atoms with Gasteiger partial charge in [-0.05, 0) is 76.4 Å². The Balaban J connectivity index is 1.30. The first-order chi connectivity index (χ1) is 13.8. The van der Waals surface area contributed by atoms with Crippen LogP contribution in [0.15, 0.2) is 29.2 Å². The van der Waals surface area contributed by atoms with Gasteiger partial charge in [-0.15, -0.1) is 0 Å². The van der Waals surface area contributed by atoms with E-state index in [2.05, 4.69) is 23.6 Å². The highest BCUT2D eigenvalue weighted by molar-refractivity contribution is 7.90. The van der Waals surface area contributed by atoms with Crippen LogP contribution in [-0.4, -0.2) is 82.6 Å². The van der Waals surface area contributed by atoms with E-state index >= 15 is 0 Å². The van der Waals surface area contributed by atoms with Gasteiger partial charge in [0.2, 0.25) is 0 Å². The van der Waals surface area contributed by atoms with Crippen molar-refractivity contribution in [2.75, 3.05) is 52.1 Å². The molecule has 2 atom stereocenters. The molecule has 1 aromatic rings. The largest absolute Gasteiger partial charge is 0.494 e.